The van der Waals surface area contributed by atoms with Gasteiger partial charge in [0, 0.05) is 23.6 Å². The van der Waals surface area contributed by atoms with Crippen molar-refractivity contribution in [3.8, 4) is 5.75 Å². The first kappa shape index (κ1) is 25.1. The molecule has 0 spiro atoms. The number of methoxy groups -OCH3 is 1. The van der Waals surface area contributed by atoms with E-state index in [0.717, 1.165) is 45.4 Å². The second-order valence-corrected chi connectivity index (χ2v) is 7.87. The molecule has 1 fully saturated rings. The van der Waals surface area contributed by atoms with Crippen LogP contribution in [0.5, 0.6) is 5.75 Å². The van der Waals surface area contributed by atoms with Gasteiger partial charge in [0.05, 0.1) is 12.5 Å². The highest BCUT2D eigenvalue weighted by molar-refractivity contribution is 5.91. The smallest absolute Gasteiger partial charge is 0.417 e. The van der Waals surface area contributed by atoms with E-state index in [0.29, 0.717) is 10.8 Å². The summed E-state index contributed by atoms with van der Waals surface area (Å²) in [5.41, 5.74) is 1.61. The lowest BCUT2D eigenvalue weighted by atomic mass is 9.77. The maximum atomic E-state index is 14.4. The Bertz CT molecular complexity index is 1210. The minimum atomic E-state index is -4.93. The Morgan fingerprint density at radius 3 is 2.47 bits per heavy atom. The zero-order chi connectivity index (χ0) is 25.6. The van der Waals surface area contributed by atoms with Gasteiger partial charge in [0.25, 0.3) is 11.8 Å². The molecule has 1 aliphatic heterocycles. The zero-order valence-corrected chi connectivity index (χ0v) is 18.1. The normalized spacial score (nSPS) is 25.4. The first-order valence-corrected chi connectivity index (χ1v) is 9.79. The van der Waals surface area contributed by atoms with Crippen molar-refractivity contribution >= 4 is 11.8 Å². The number of amides is 2. The third-order valence-corrected chi connectivity index (χ3v) is 5.97. The molecule has 2 heterocycles. The Kier molecular flexibility index (Phi) is 6.44. The van der Waals surface area contributed by atoms with E-state index in [9.17, 15) is 36.7 Å². The fraction of sp³-hybridized carbons (Fsp3) is 0.381. The molecule has 34 heavy (non-hydrogen) atoms. The first-order valence-electron chi connectivity index (χ1n) is 9.79. The Balaban J connectivity index is 2.18. The fourth-order valence-corrected chi connectivity index (χ4v) is 3.95. The van der Waals surface area contributed by atoms with Gasteiger partial charge in [-0.1, -0.05) is 13.0 Å². The highest BCUT2D eigenvalue weighted by Gasteiger charge is 2.65. The van der Waals surface area contributed by atoms with Gasteiger partial charge in [-0.3, -0.25) is 9.59 Å². The van der Waals surface area contributed by atoms with Gasteiger partial charge in [0.1, 0.15) is 11.8 Å². The van der Waals surface area contributed by atoms with Crippen LogP contribution in [0.3, 0.4) is 0 Å². The van der Waals surface area contributed by atoms with Crippen molar-refractivity contribution in [2.45, 2.75) is 37.6 Å². The monoisotopic (exact) mass is 489 g/mol. The molecule has 0 saturated carbocycles. The van der Waals surface area contributed by atoms with Crippen molar-refractivity contribution in [1.29, 1.82) is 0 Å². The summed E-state index contributed by atoms with van der Waals surface area (Å²) < 4.78 is 80.4. The summed E-state index contributed by atoms with van der Waals surface area (Å²) in [5, 5.41) is 9.39. The highest BCUT2D eigenvalue weighted by atomic mass is 19.4. The summed E-state index contributed by atoms with van der Waals surface area (Å²) in [4.78, 5) is 28.1. The molecule has 4 unspecified atom stereocenters. The number of carbonyl (C=O) groups is 2. The molecule has 0 aliphatic carbocycles. The molecule has 1 aliphatic rings. The molecule has 4 atom stereocenters. The summed E-state index contributed by atoms with van der Waals surface area (Å²) in [6, 6.07) is 3.76. The van der Waals surface area contributed by atoms with Gasteiger partial charge in [0.15, 0.2) is 17.2 Å². The molecule has 13 heteroatoms. The molecule has 3 rings (SSSR count). The maximum absolute atomic E-state index is 14.4. The molecule has 1 aromatic carbocycles. The topological polar surface area (TPSA) is 116 Å². The average Bonchev–Trinajstić information content (AvgIpc) is 3.03. The number of halogens is 5. The van der Waals surface area contributed by atoms with E-state index in [4.69, 9.17) is 15.2 Å². The minimum Gasteiger partial charge on any atom is -0.493 e. The number of rotatable bonds is 4. The number of nitrogens with two attached hydrogens (primary N) is 1. The van der Waals surface area contributed by atoms with Crippen LogP contribution in [0.4, 0.5) is 22.0 Å². The average molecular weight is 489 g/mol. The number of ether oxygens (including phenoxy) is 2. The predicted octanol–water partition coefficient (Wildman–Crippen LogP) is 2.68. The van der Waals surface area contributed by atoms with Crippen molar-refractivity contribution in [2.75, 3.05) is 7.11 Å². The van der Waals surface area contributed by atoms with Crippen LogP contribution in [0, 0.1) is 17.6 Å². The predicted molar refractivity (Wildman–Crippen MR) is 105 cm³/mol. The molecule has 8 nitrogen and oxygen atoms in total. The van der Waals surface area contributed by atoms with Crippen LogP contribution in [0.15, 0.2) is 35.5 Å². The van der Waals surface area contributed by atoms with Crippen LogP contribution in [0.1, 0.15) is 35.8 Å². The molecule has 0 radical (unpaired) electrons. The number of primary amides is 1. The zero-order valence-electron chi connectivity index (χ0n) is 18.1. The number of pyridine rings is 1. The van der Waals surface area contributed by atoms with Crippen molar-refractivity contribution < 1.29 is 46.2 Å². The largest absolute Gasteiger partial charge is 0.493 e. The van der Waals surface area contributed by atoms with Gasteiger partial charge in [-0.05, 0) is 25.1 Å². The molecular formula is C21H20F5N3O5. The Morgan fingerprint density at radius 2 is 1.91 bits per heavy atom. The van der Waals surface area contributed by atoms with Gasteiger partial charge in [-0.25, -0.2) is 9.38 Å². The third kappa shape index (κ3) is 4.11. The van der Waals surface area contributed by atoms with Crippen LogP contribution in [0.25, 0.3) is 0 Å². The molecule has 2 amide bonds. The molecule has 1 saturated heterocycles. The Hall–Kier alpha value is -3.48. The molecule has 2 aromatic rings. The SMILES string of the molecule is COc1c(C2C(C(=O)N=c3ccn(O)c(C(N)=O)c3)OC(C)(C(F)(F)F)C2C)ccc(F)c1F. The summed E-state index contributed by atoms with van der Waals surface area (Å²) in [5.74, 6) is -8.53. The van der Waals surface area contributed by atoms with E-state index in [1.54, 1.807) is 0 Å². The number of benzene rings is 1. The quantitative estimate of drug-likeness (QED) is 0.506. The van der Waals surface area contributed by atoms with Crippen molar-refractivity contribution in [3.63, 3.8) is 0 Å². The lowest BCUT2D eigenvalue weighted by Crippen LogP contribution is -2.47. The number of hydrogen-bond acceptors (Lipinski definition) is 5. The van der Waals surface area contributed by atoms with Gasteiger partial charge in [-0.15, -0.1) is 0 Å². The number of nitrogens with zero attached hydrogens (tertiary/aromatic N) is 2. The van der Waals surface area contributed by atoms with E-state index in [1.807, 2.05) is 0 Å². The first-order chi connectivity index (χ1) is 15.7. The number of carbonyl (C=O) groups excluding carboxylic acids is 2. The van der Waals surface area contributed by atoms with Crippen LogP contribution in [0.2, 0.25) is 0 Å². The summed E-state index contributed by atoms with van der Waals surface area (Å²) >= 11 is 0. The van der Waals surface area contributed by atoms with Crippen LogP contribution >= 0.6 is 0 Å². The third-order valence-electron chi connectivity index (χ3n) is 5.97. The lowest BCUT2D eigenvalue weighted by Gasteiger charge is -2.32. The number of hydrogen-bond donors (Lipinski definition) is 2. The molecule has 3 N–H and O–H groups in total. The minimum absolute atomic E-state index is 0.211. The van der Waals surface area contributed by atoms with E-state index in [1.165, 1.54) is 0 Å². The van der Waals surface area contributed by atoms with Crippen LogP contribution in [-0.4, -0.2) is 46.7 Å². The van der Waals surface area contributed by atoms with Crippen molar-refractivity contribution in [2.24, 2.45) is 16.6 Å². The second kappa shape index (κ2) is 8.70. The van der Waals surface area contributed by atoms with Gasteiger partial charge in [-0.2, -0.15) is 22.3 Å². The Morgan fingerprint density at radius 1 is 1.26 bits per heavy atom. The Labute approximate surface area is 189 Å². The summed E-state index contributed by atoms with van der Waals surface area (Å²) in [7, 11) is 1.01. The standard InChI is InChI=1S/C21H20F5N3O5/c1-9-14(11-4-5-12(22)15(23)16(11)33-3)17(34-20(9,2)21(24,25)26)19(31)28-10-6-7-29(32)13(8-10)18(27)30/h4-9,14,17,32H,1-3H3,(H2,27,30). The summed E-state index contributed by atoms with van der Waals surface area (Å²) in [6.07, 6.45) is -5.86. The van der Waals surface area contributed by atoms with Crippen molar-refractivity contribution in [1.82, 2.24) is 4.73 Å². The van der Waals surface area contributed by atoms with Crippen molar-refractivity contribution in [3.05, 3.63) is 58.7 Å². The van der Waals surface area contributed by atoms with Crippen LogP contribution < -0.4 is 15.8 Å². The van der Waals surface area contributed by atoms with Gasteiger partial charge >= 0.3 is 6.18 Å². The second-order valence-electron chi connectivity index (χ2n) is 7.87. The fourth-order valence-electron chi connectivity index (χ4n) is 3.95. The number of alkyl halides is 3. The highest BCUT2D eigenvalue weighted by Crippen LogP contribution is 2.55. The number of aromatic nitrogens is 1. The van der Waals surface area contributed by atoms with E-state index in [2.05, 4.69) is 4.99 Å². The van der Waals surface area contributed by atoms with E-state index >= 15 is 0 Å². The van der Waals surface area contributed by atoms with E-state index in [-0.39, 0.29) is 10.9 Å². The molecular weight excluding hydrogens is 469 g/mol. The van der Waals surface area contributed by atoms with E-state index < -0.39 is 64.6 Å². The van der Waals surface area contributed by atoms with Gasteiger partial charge < -0.3 is 20.4 Å². The molecule has 0 bridgehead atoms. The summed E-state index contributed by atoms with van der Waals surface area (Å²) in [6.45, 7) is 1.90. The lowest BCUT2D eigenvalue weighted by molar-refractivity contribution is -0.272. The molecule has 184 valence electrons. The molecule has 1 aromatic heterocycles. The maximum Gasteiger partial charge on any atom is 0.417 e. The van der Waals surface area contributed by atoms with Crippen LogP contribution in [-0.2, 0) is 9.53 Å². The van der Waals surface area contributed by atoms with Gasteiger partial charge in [0.2, 0.25) is 5.82 Å².